The van der Waals surface area contributed by atoms with Crippen LogP contribution in [0.4, 0.5) is 0 Å². The molecule has 0 amide bonds. The second kappa shape index (κ2) is 60.9. The quantitative estimate of drug-likeness (QED) is 0.0261. The van der Waals surface area contributed by atoms with Crippen molar-refractivity contribution in [3.63, 3.8) is 0 Å². The van der Waals surface area contributed by atoms with E-state index in [0.29, 0.717) is 19.3 Å². The van der Waals surface area contributed by atoms with Crippen LogP contribution in [0.3, 0.4) is 0 Å². The lowest BCUT2D eigenvalue weighted by molar-refractivity contribution is -0.167. The molecule has 0 aliphatic rings. The Bertz CT molecular complexity index is 1440. The van der Waals surface area contributed by atoms with Crippen molar-refractivity contribution in [1.82, 2.24) is 0 Å². The molecule has 0 radical (unpaired) electrons. The fraction of sp³-hybridized carbons (Fsp3) is 0.716. The summed E-state index contributed by atoms with van der Waals surface area (Å²) in [6.45, 7) is 6.49. The van der Waals surface area contributed by atoms with Gasteiger partial charge in [0.15, 0.2) is 6.10 Å². The van der Waals surface area contributed by atoms with Crippen LogP contribution in [0.15, 0.2) is 97.2 Å². The summed E-state index contributed by atoms with van der Waals surface area (Å²) in [5.41, 5.74) is 0. The number of unbranched alkanes of at least 4 members (excludes halogenated alkanes) is 28. The molecule has 0 saturated heterocycles. The van der Waals surface area contributed by atoms with Crippen LogP contribution in [-0.4, -0.2) is 37.2 Å². The van der Waals surface area contributed by atoms with Crippen molar-refractivity contribution in [2.75, 3.05) is 13.2 Å². The van der Waals surface area contributed by atoms with Crippen molar-refractivity contribution in [1.29, 1.82) is 0 Å². The number of rotatable bonds is 55. The van der Waals surface area contributed by atoms with Gasteiger partial charge in [-0.3, -0.25) is 14.4 Å². The molecule has 0 bridgehead atoms. The van der Waals surface area contributed by atoms with Crippen molar-refractivity contribution in [2.24, 2.45) is 0 Å². The smallest absolute Gasteiger partial charge is 0.306 e. The fourth-order valence-corrected chi connectivity index (χ4v) is 8.48. The minimum Gasteiger partial charge on any atom is -0.462 e. The van der Waals surface area contributed by atoms with Crippen molar-refractivity contribution >= 4 is 17.9 Å². The van der Waals surface area contributed by atoms with Gasteiger partial charge in [0.25, 0.3) is 0 Å². The first-order chi connectivity index (χ1) is 36.0. The lowest BCUT2D eigenvalue weighted by atomic mass is 10.0. The van der Waals surface area contributed by atoms with Gasteiger partial charge in [0.05, 0.1) is 0 Å². The third kappa shape index (κ3) is 59.1. The van der Waals surface area contributed by atoms with Gasteiger partial charge in [0, 0.05) is 19.3 Å². The molecule has 1 unspecified atom stereocenters. The molecule has 0 spiro atoms. The lowest BCUT2D eigenvalue weighted by Crippen LogP contribution is -2.30. The minimum atomic E-state index is -0.799. The molecule has 0 aliphatic carbocycles. The number of hydrogen-bond donors (Lipinski definition) is 0. The molecule has 0 N–H and O–H groups in total. The second-order valence-electron chi connectivity index (χ2n) is 20.2. The molecule has 0 rings (SSSR count). The summed E-state index contributed by atoms with van der Waals surface area (Å²) in [4.78, 5) is 38.3. The topological polar surface area (TPSA) is 78.9 Å². The highest BCUT2D eigenvalue weighted by Crippen LogP contribution is 2.16. The maximum absolute atomic E-state index is 12.9. The van der Waals surface area contributed by atoms with E-state index in [-0.39, 0.29) is 31.1 Å². The normalized spacial score (nSPS) is 12.8. The van der Waals surface area contributed by atoms with E-state index in [2.05, 4.69) is 118 Å². The fourth-order valence-electron chi connectivity index (χ4n) is 8.48. The molecule has 0 aliphatic heterocycles. The number of ether oxygens (including phenoxy) is 3. The van der Waals surface area contributed by atoms with Crippen LogP contribution in [0.1, 0.15) is 290 Å². The van der Waals surface area contributed by atoms with Gasteiger partial charge in [0.1, 0.15) is 13.2 Å². The Hall–Kier alpha value is -3.67. The average Bonchev–Trinajstić information content (AvgIpc) is 3.39. The number of hydrogen-bond acceptors (Lipinski definition) is 6. The largest absolute Gasteiger partial charge is 0.462 e. The van der Waals surface area contributed by atoms with Crippen LogP contribution in [-0.2, 0) is 28.6 Å². The average molecular weight is 1020 g/mol. The molecule has 0 aromatic carbocycles. The number of carbonyl (C=O) groups is 3. The first-order valence-corrected chi connectivity index (χ1v) is 30.7. The van der Waals surface area contributed by atoms with Crippen LogP contribution < -0.4 is 0 Å². The Balaban J connectivity index is 4.47. The van der Waals surface area contributed by atoms with Crippen LogP contribution in [0, 0.1) is 0 Å². The SMILES string of the molecule is CC/C=C\C/C=C\C/C=C\C/C=C\C/C=C\CCCCCC(=O)OCC(COC(=O)CCCCCCCCCCCCCCCCCCC)OC(=O)CCCCCCCC/C=C\C/C=C\C/C=C\CCCCC. The molecule has 0 saturated carbocycles. The number of esters is 3. The maximum Gasteiger partial charge on any atom is 0.306 e. The standard InChI is InChI=1S/C67H114O6/c1-4-7-10-13-16-19-22-25-28-31-33-36-39-42-45-48-51-54-57-60-66(69)72-63-64(62-71-65(68)59-56-53-50-47-44-41-38-35-30-27-24-21-18-15-12-9-6-3)73-67(70)61-58-55-52-49-46-43-40-37-34-32-29-26-23-20-17-14-11-8-5-2/h7,10,16-17,19-20,25-26,28-29,33-34,36-37,42,45,64H,4-6,8-9,11-15,18,21-24,27,30-32,35,38-41,43-44,46-63H2,1-3H3/b10-7-,19-16-,20-17-,28-25-,29-26-,36-33-,37-34-,45-42-. The van der Waals surface area contributed by atoms with E-state index in [1.165, 1.54) is 128 Å². The second-order valence-corrected chi connectivity index (χ2v) is 20.2. The Morgan fingerprint density at radius 2 is 0.534 bits per heavy atom. The van der Waals surface area contributed by atoms with Gasteiger partial charge in [-0.2, -0.15) is 0 Å². The summed E-state index contributed by atoms with van der Waals surface area (Å²) in [5.74, 6) is -0.929. The zero-order valence-corrected chi connectivity index (χ0v) is 47.9. The molecule has 418 valence electrons. The molecular formula is C67H114O6. The molecule has 0 heterocycles. The first kappa shape index (κ1) is 69.3. The zero-order chi connectivity index (χ0) is 52.9. The van der Waals surface area contributed by atoms with Crippen molar-refractivity contribution < 1.29 is 28.6 Å². The number of carbonyl (C=O) groups excluding carboxylic acids is 3. The van der Waals surface area contributed by atoms with Crippen molar-refractivity contribution in [3.8, 4) is 0 Å². The lowest BCUT2D eigenvalue weighted by Gasteiger charge is -2.18. The predicted molar refractivity (Wildman–Crippen MR) is 316 cm³/mol. The van der Waals surface area contributed by atoms with Gasteiger partial charge >= 0.3 is 17.9 Å². The van der Waals surface area contributed by atoms with Gasteiger partial charge in [0.2, 0.25) is 0 Å². The monoisotopic (exact) mass is 1010 g/mol. The van der Waals surface area contributed by atoms with Crippen molar-refractivity contribution in [3.05, 3.63) is 97.2 Å². The third-order valence-corrected chi connectivity index (χ3v) is 13.1. The summed E-state index contributed by atoms with van der Waals surface area (Å²) in [6.07, 6.45) is 81.1. The highest BCUT2D eigenvalue weighted by molar-refractivity contribution is 5.71. The van der Waals surface area contributed by atoms with E-state index in [0.717, 1.165) is 122 Å². The van der Waals surface area contributed by atoms with Gasteiger partial charge in [-0.05, 0) is 103 Å². The molecule has 0 aromatic rings. The molecule has 1 atom stereocenters. The van der Waals surface area contributed by atoms with E-state index in [1.807, 2.05) is 0 Å². The Labute approximate surface area is 451 Å². The minimum absolute atomic E-state index is 0.0919. The zero-order valence-electron chi connectivity index (χ0n) is 47.9. The maximum atomic E-state index is 12.9. The predicted octanol–water partition coefficient (Wildman–Crippen LogP) is 20.9. The molecule has 0 aromatic heterocycles. The van der Waals surface area contributed by atoms with Gasteiger partial charge in [-0.15, -0.1) is 0 Å². The first-order valence-electron chi connectivity index (χ1n) is 30.7. The van der Waals surface area contributed by atoms with E-state index in [1.54, 1.807) is 0 Å². The molecule has 6 nitrogen and oxygen atoms in total. The van der Waals surface area contributed by atoms with Crippen LogP contribution in [0.2, 0.25) is 0 Å². The molecule has 73 heavy (non-hydrogen) atoms. The van der Waals surface area contributed by atoms with E-state index < -0.39 is 6.10 Å². The molecular weight excluding hydrogens is 901 g/mol. The van der Waals surface area contributed by atoms with E-state index in [4.69, 9.17) is 14.2 Å². The molecule has 6 heteroatoms. The third-order valence-electron chi connectivity index (χ3n) is 13.1. The van der Waals surface area contributed by atoms with Gasteiger partial charge < -0.3 is 14.2 Å². The summed E-state index contributed by atoms with van der Waals surface area (Å²) in [6, 6.07) is 0. The van der Waals surface area contributed by atoms with Gasteiger partial charge in [-0.1, -0.05) is 266 Å². The highest BCUT2D eigenvalue weighted by atomic mass is 16.6. The summed E-state index contributed by atoms with van der Waals surface area (Å²) < 4.78 is 16.9. The van der Waals surface area contributed by atoms with Gasteiger partial charge in [-0.25, -0.2) is 0 Å². The summed E-state index contributed by atoms with van der Waals surface area (Å²) in [5, 5.41) is 0. The summed E-state index contributed by atoms with van der Waals surface area (Å²) >= 11 is 0. The van der Waals surface area contributed by atoms with Crippen LogP contribution in [0.25, 0.3) is 0 Å². The Morgan fingerprint density at radius 1 is 0.288 bits per heavy atom. The molecule has 0 fully saturated rings. The Kier molecular flexibility index (Phi) is 57.8. The van der Waals surface area contributed by atoms with Crippen LogP contribution in [0.5, 0.6) is 0 Å². The Morgan fingerprint density at radius 3 is 0.877 bits per heavy atom. The van der Waals surface area contributed by atoms with E-state index >= 15 is 0 Å². The summed E-state index contributed by atoms with van der Waals surface area (Å²) in [7, 11) is 0. The van der Waals surface area contributed by atoms with Crippen molar-refractivity contribution in [2.45, 2.75) is 297 Å². The van der Waals surface area contributed by atoms with Crippen LogP contribution >= 0.6 is 0 Å². The number of allylic oxidation sites excluding steroid dienone is 16. The highest BCUT2D eigenvalue weighted by Gasteiger charge is 2.19. The van der Waals surface area contributed by atoms with E-state index in [9.17, 15) is 14.4 Å².